The van der Waals surface area contributed by atoms with E-state index >= 15 is 0 Å². The monoisotopic (exact) mass is 245 g/mol. The summed E-state index contributed by atoms with van der Waals surface area (Å²) in [6, 6.07) is 0. The highest BCUT2D eigenvalue weighted by atomic mass is 32.2. The van der Waals surface area contributed by atoms with Gasteiger partial charge < -0.3 is 16.4 Å². The van der Waals surface area contributed by atoms with Gasteiger partial charge in [-0.1, -0.05) is 0 Å². The molecule has 0 unspecified atom stereocenters. The average Bonchev–Trinajstić information content (AvgIpc) is 2.55. The average molecular weight is 245 g/mol. The molecular weight excluding hydrogens is 230 g/mol. The summed E-state index contributed by atoms with van der Waals surface area (Å²) in [5.41, 5.74) is 6.48. The quantitative estimate of drug-likeness (QED) is 0.708. The van der Waals surface area contributed by atoms with Crippen molar-refractivity contribution in [1.82, 2.24) is 5.32 Å². The number of nitrogen functional groups attached to an aromatic ring is 1. The Morgan fingerprint density at radius 3 is 2.73 bits per heavy atom. The summed E-state index contributed by atoms with van der Waals surface area (Å²) in [6.07, 6.45) is 1.95. The third kappa shape index (κ3) is 2.38. The molecule has 84 valence electrons. The van der Waals surface area contributed by atoms with E-state index in [1.54, 1.807) is 18.8 Å². The molecule has 0 saturated carbocycles. The maximum Gasteiger partial charge on any atom is 0.263 e. The van der Waals surface area contributed by atoms with Crippen LogP contribution >= 0.6 is 23.1 Å². The van der Waals surface area contributed by atoms with Crippen LogP contribution in [-0.4, -0.2) is 25.8 Å². The summed E-state index contributed by atoms with van der Waals surface area (Å²) in [4.78, 5) is 13.0. The highest BCUT2D eigenvalue weighted by Gasteiger charge is 2.19. The smallest absolute Gasteiger partial charge is 0.263 e. The SMILES string of the molecule is CCNc1sc(C(=O)NC)c(N)c1SC. The number of thioether (sulfide) groups is 1. The number of nitrogens with two attached hydrogens (primary N) is 1. The van der Waals surface area contributed by atoms with Crippen LogP contribution in [0.15, 0.2) is 4.90 Å². The van der Waals surface area contributed by atoms with Crippen LogP contribution in [0.5, 0.6) is 0 Å². The molecule has 0 aliphatic rings. The zero-order valence-corrected chi connectivity index (χ0v) is 10.6. The molecule has 1 amide bonds. The van der Waals surface area contributed by atoms with Gasteiger partial charge in [-0.3, -0.25) is 4.79 Å². The van der Waals surface area contributed by atoms with Gasteiger partial charge in [0.05, 0.1) is 10.6 Å². The van der Waals surface area contributed by atoms with E-state index in [2.05, 4.69) is 10.6 Å². The van der Waals surface area contributed by atoms with Crippen molar-refractivity contribution in [3.63, 3.8) is 0 Å². The minimum Gasteiger partial charge on any atom is -0.396 e. The van der Waals surface area contributed by atoms with Gasteiger partial charge in [-0.05, 0) is 13.2 Å². The first-order chi connectivity index (χ1) is 7.15. The van der Waals surface area contributed by atoms with Crippen molar-refractivity contribution in [1.29, 1.82) is 0 Å². The lowest BCUT2D eigenvalue weighted by atomic mass is 10.3. The Bertz CT molecular complexity index is 362. The van der Waals surface area contributed by atoms with Crippen LogP contribution in [0, 0.1) is 0 Å². The number of amides is 1. The molecule has 4 N–H and O–H groups in total. The van der Waals surface area contributed by atoms with E-state index in [0.29, 0.717) is 10.6 Å². The van der Waals surface area contributed by atoms with Crippen molar-refractivity contribution >= 4 is 39.7 Å². The largest absolute Gasteiger partial charge is 0.396 e. The van der Waals surface area contributed by atoms with Gasteiger partial charge in [-0.25, -0.2) is 0 Å². The Kier molecular flexibility index (Phi) is 4.28. The van der Waals surface area contributed by atoms with Crippen molar-refractivity contribution in [3.8, 4) is 0 Å². The summed E-state index contributed by atoms with van der Waals surface area (Å²) in [5, 5.41) is 6.76. The zero-order valence-electron chi connectivity index (χ0n) is 9.01. The van der Waals surface area contributed by atoms with Gasteiger partial charge in [0.25, 0.3) is 5.91 Å². The Hall–Kier alpha value is -0.880. The first-order valence-corrected chi connectivity index (χ1v) is 6.62. The van der Waals surface area contributed by atoms with Crippen LogP contribution in [0.4, 0.5) is 10.7 Å². The number of thiophene rings is 1. The molecule has 1 aromatic heterocycles. The van der Waals surface area contributed by atoms with Crippen molar-refractivity contribution in [2.75, 3.05) is 30.9 Å². The van der Waals surface area contributed by atoms with Gasteiger partial charge in [-0.2, -0.15) is 0 Å². The Labute approximate surface area is 97.6 Å². The van der Waals surface area contributed by atoms with Gasteiger partial charge in [0.15, 0.2) is 0 Å². The van der Waals surface area contributed by atoms with Crippen molar-refractivity contribution in [3.05, 3.63) is 4.88 Å². The van der Waals surface area contributed by atoms with Crippen molar-refractivity contribution < 1.29 is 4.79 Å². The molecule has 1 aromatic rings. The van der Waals surface area contributed by atoms with E-state index in [4.69, 9.17) is 5.73 Å². The lowest BCUT2D eigenvalue weighted by molar-refractivity contribution is 0.0968. The van der Waals surface area contributed by atoms with E-state index in [9.17, 15) is 4.79 Å². The molecule has 0 aromatic carbocycles. The number of carbonyl (C=O) groups excluding carboxylic acids is 1. The molecule has 0 saturated heterocycles. The van der Waals surface area contributed by atoms with Crippen LogP contribution in [-0.2, 0) is 0 Å². The third-order valence-corrected chi connectivity index (χ3v) is 4.00. The van der Waals surface area contributed by atoms with Gasteiger partial charge >= 0.3 is 0 Å². The van der Waals surface area contributed by atoms with Gasteiger partial charge in [0.2, 0.25) is 0 Å². The summed E-state index contributed by atoms with van der Waals surface area (Å²) < 4.78 is 0. The lowest BCUT2D eigenvalue weighted by Crippen LogP contribution is -2.17. The minimum absolute atomic E-state index is 0.128. The van der Waals surface area contributed by atoms with Gasteiger partial charge in [0.1, 0.15) is 9.88 Å². The van der Waals surface area contributed by atoms with Crippen molar-refractivity contribution in [2.45, 2.75) is 11.8 Å². The number of nitrogens with one attached hydrogen (secondary N) is 2. The topological polar surface area (TPSA) is 67.2 Å². The maximum atomic E-state index is 11.5. The second kappa shape index (κ2) is 5.27. The van der Waals surface area contributed by atoms with Gasteiger partial charge in [-0.15, -0.1) is 23.1 Å². The molecule has 0 aliphatic carbocycles. The lowest BCUT2D eigenvalue weighted by Gasteiger charge is -2.01. The van der Waals surface area contributed by atoms with Crippen LogP contribution in [0.3, 0.4) is 0 Å². The summed E-state index contributed by atoms with van der Waals surface area (Å²) in [7, 11) is 1.60. The standard InChI is InChI=1S/C9H15N3OS2/c1-4-12-9-7(14-3)5(10)6(15-9)8(13)11-2/h12H,4,10H2,1-3H3,(H,11,13). The fourth-order valence-corrected chi connectivity index (χ4v) is 3.24. The molecule has 1 rings (SSSR count). The van der Waals surface area contributed by atoms with Crippen LogP contribution in [0.25, 0.3) is 0 Å². The third-order valence-electron chi connectivity index (χ3n) is 1.87. The normalized spacial score (nSPS) is 10.1. The molecule has 0 spiro atoms. The summed E-state index contributed by atoms with van der Waals surface area (Å²) in [5.74, 6) is -0.128. The molecule has 4 nitrogen and oxygen atoms in total. The highest BCUT2D eigenvalue weighted by Crippen LogP contribution is 2.41. The van der Waals surface area contributed by atoms with E-state index in [0.717, 1.165) is 16.4 Å². The molecule has 6 heteroatoms. The second-order valence-corrected chi connectivity index (χ2v) is 4.65. The van der Waals surface area contributed by atoms with Crippen LogP contribution in [0.1, 0.15) is 16.6 Å². The maximum absolute atomic E-state index is 11.5. The first-order valence-electron chi connectivity index (χ1n) is 4.57. The molecule has 0 fully saturated rings. The molecule has 1 heterocycles. The zero-order chi connectivity index (χ0) is 11.4. The first kappa shape index (κ1) is 12.2. The predicted molar refractivity (Wildman–Crippen MR) is 68.1 cm³/mol. The predicted octanol–water partition coefficient (Wildman–Crippen LogP) is 1.84. The number of anilines is 2. The Balaban J connectivity index is 3.14. The Morgan fingerprint density at radius 2 is 2.27 bits per heavy atom. The fourth-order valence-electron chi connectivity index (χ4n) is 1.19. The molecule has 0 bridgehead atoms. The molecule has 0 atom stereocenters. The highest BCUT2D eigenvalue weighted by molar-refractivity contribution is 7.99. The summed E-state index contributed by atoms with van der Waals surface area (Å²) in [6.45, 7) is 2.83. The number of hydrogen-bond donors (Lipinski definition) is 3. The number of hydrogen-bond acceptors (Lipinski definition) is 5. The minimum atomic E-state index is -0.128. The van der Waals surface area contributed by atoms with E-state index in [1.807, 2.05) is 13.2 Å². The van der Waals surface area contributed by atoms with Crippen molar-refractivity contribution in [2.24, 2.45) is 0 Å². The van der Waals surface area contributed by atoms with E-state index in [1.165, 1.54) is 11.3 Å². The number of rotatable bonds is 4. The summed E-state index contributed by atoms with van der Waals surface area (Å²) >= 11 is 2.95. The van der Waals surface area contributed by atoms with Crippen LogP contribution < -0.4 is 16.4 Å². The second-order valence-electron chi connectivity index (χ2n) is 2.82. The molecule has 0 aliphatic heterocycles. The van der Waals surface area contributed by atoms with E-state index in [-0.39, 0.29) is 5.91 Å². The fraction of sp³-hybridized carbons (Fsp3) is 0.444. The van der Waals surface area contributed by atoms with Gasteiger partial charge in [0, 0.05) is 13.6 Å². The van der Waals surface area contributed by atoms with Crippen LogP contribution in [0.2, 0.25) is 0 Å². The van der Waals surface area contributed by atoms with E-state index < -0.39 is 0 Å². The number of carbonyl (C=O) groups is 1. The molecule has 15 heavy (non-hydrogen) atoms. The molecular formula is C9H15N3OS2. The Morgan fingerprint density at radius 1 is 1.60 bits per heavy atom. The molecule has 0 radical (unpaired) electrons.